The number of amides is 2. The maximum atomic E-state index is 14.3. The van der Waals surface area contributed by atoms with E-state index in [2.05, 4.69) is 60.4 Å². The highest BCUT2D eigenvalue weighted by Gasteiger charge is 2.48. The molecule has 1 saturated heterocycles. The molecule has 0 aliphatic carbocycles. The molecule has 0 saturated carbocycles. The van der Waals surface area contributed by atoms with Gasteiger partial charge in [0.15, 0.2) is 8.32 Å². The number of carbonyl (C=O) groups excluding carboxylic acids is 2. The molecule has 0 bridgehead atoms. The number of nitrogens with zero attached hydrogens (tertiary/aromatic N) is 1. The van der Waals surface area contributed by atoms with Gasteiger partial charge in [0.1, 0.15) is 12.4 Å². The summed E-state index contributed by atoms with van der Waals surface area (Å²) in [6.07, 6.45) is 4.89. The quantitative estimate of drug-likeness (QED) is 0.145. The number of ether oxygens (including phenoxy) is 3. The van der Waals surface area contributed by atoms with Crippen LogP contribution in [0.15, 0.2) is 79.4 Å². The molecule has 0 N–H and O–H groups in total. The number of cyclic esters (lactones) is 1. The average molecular weight is 636 g/mol. The van der Waals surface area contributed by atoms with Crippen molar-refractivity contribution in [3.8, 4) is 5.75 Å². The molecule has 3 rings (SSSR count). The van der Waals surface area contributed by atoms with Crippen LogP contribution in [0, 0.1) is 17.8 Å². The molecule has 1 aliphatic heterocycles. The molecule has 1 aliphatic rings. The largest absolute Gasteiger partial charge is 0.497 e. The van der Waals surface area contributed by atoms with Crippen LogP contribution in [0.3, 0.4) is 0 Å². The highest BCUT2D eigenvalue weighted by Crippen LogP contribution is 2.41. The zero-order valence-electron chi connectivity index (χ0n) is 28.6. The molecule has 0 aromatic heterocycles. The zero-order valence-corrected chi connectivity index (χ0v) is 29.6. The van der Waals surface area contributed by atoms with Crippen LogP contribution in [-0.4, -0.2) is 57.2 Å². The van der Waals surface area contributed by atoms with E-state index in [0.29, 0.717) is 13.0 Å². The molecule has 1 heterocycles. The first-order valence-electron chi connectivity index (χ1n) is 16.0. The van der Waals surface area contributed by atoms with Crippen LogP contribution in [0.4, 0.5) is 4.79 Å². The van der Waals surface area contributed by atoms with Crippen LogP contribution in [0.25, 0.3) is 0 Å². The topological polar surface area (TPSA) is 74.3 Å². The summed E-state index contributed by atoms with van der Waals surface area (Å²) < 4.78 is 24.5. The fourth-order valence-corrected chi connectivity index (χ4v) is 7.01. The molecule has 0 unspecified atom stereocenters. The van der Waals surface area contributed by atoms with E-state index >= 15 is 0 Å². The molecular weight excluding hydrogens is 582 g/mol. The molecule has 7 nitrogen and oxygen atoms in total. The van der Waals surface area contributed by atoms with Crippen LogP contribution in [-0.2, 0) is 31.7 Å². The van der Waals surface area contributed by atoms with Gasteiger partial charge in [-0.1, -0.05) is 109 Å². The summed E-state index contributed by atoms with van der Waals surface area (Å²) >= 11 is 0. The lowest BCUT2D eigenvalue weighted by molar-refractivity contribution is -0.139. The van der Waals surface area contributed by atoms with Crippen molar-refractivity contribution in [2.24, 2.45) is 17.8 Å². The Kier molecular flexibility index (Phi) is 12.8. The fourth-order valence-electron chi connectivity index (χ4n) is 5.56. The summed E-state index contributed by atoms with van der Waals surface area (Å²) in [4.78, 5) is 28.7. The molecule has 1 fully saturated rings. The number of imide groups is 1. The summed E-state index contributed by atoms with van der Waals surface area (Å²) in [5, 5.41) is -0.0933. The van der Waals surface area contributed by atoms with E-state index in [4.69, 9.17) is 18.6 Å². The fraction of sp³-hybridized carbons (Fsp3) is 0.514. The highest BCUT2D eigenvalue weighted by atomic mass is 28.4. The van der Waals surface area contributed by atoms with Gasteiger partial charge < -0.3 is 18.6 Å². The van der Waals surface area contributed by atoms with Gasteiger partial charge in [-0.05, 0) is 47.8 Å². The lowest BCUT2D eigenvalue weighted by atomic mass is 9.83. The molecule has 8 heteroatoms. The highest BCUT2D eigenvalue weighted by molar-refractivity contribution is 6.74. The standard InChI is InChI=1S/C37H53NO6Si/c1-11-12-16-26(2)33(42-24-30-19-21-32(41-8)22-20-30)27(3)34(44-45(9,10)37(5,6)7)28(4)35(39)38-31(25-43-36(38)40)23-29-17-14-13-15-18-29/h11-22,26-28,31,33-34H,1,23-25H2,2-10H3/t26-,27+,28+,31+,33-,34-/m0/s1. The van der Waals surface area contributed by atoms with E-state index in [-0.39, 0.29) is 41.5 Å². The molecule has 45 heavy (non-hydrogen) atoms. The van der Waals surface area contributed by atoms with E-state index in [0.717, 1.165) is 16.9 Å². The number of hydrogen-bond donors (Lipinski definition) is 0. The Bertz CT molecular complexity index is 1290. The monoisotopic (exact) mass is 635 g/mol. The number of hydrogen-bond acceptors (Lipinski definition) is 6. The Balaban J connectivity index is 1.96. The maximum Gasteiger partial charge on any atom is 0.416 e. The van der Waals surface area contributed by atoms with Crippen molar-refractivity contribution in [3.63, 3.8) is 0 Å². The van der Waals surface area contributed by atoms with Gasteiger partial charge >= 0.3 is 6.09 Å². The van der Waals surface area contributed by atoms with Gasteiger partial charge in [0, 0.05) is 11.8 Å². The van der Waals surface area contributed by atoms with Crippen LogP contribution < -0.4 is 4.74 Å². The lowest BCUT2D eigenvalue weighted by Crippen LogP contribution is -2.54. The molecule has 2 aromatic carbocycles. The van der Waals surface area contributed by atoms with Gasteiger partial charge in [-0.25, -0.2) is 9.69 Å². The van der Waals surface area contributed by atoms with Crippen molar-refractivity contribution in [2.75, 3.05) is 13.7 Å². The maximum absolute atomic E-state index is 14.3. The van der Waals surface area contributed by atoms with Crippen molar-refractivity contribution in [1.82, 2.24) is 4.90 Å². The van der Waals surface area contributed by atoms with Crippen molar-refractivity contribution >= 4 is 20.3 Å². The van der Waals surface area contributed by atoms with Crippen LogP contribution >= 0.6 is 0 Å². The molecule has 246 valence electrons. The minimum Gasteiger partial charge on any atom is -0.497 e. The Morgan fingerprint density at radius 1 is 1.04 bits per heavy atom. The van der Waals surface area contributed by atoms with E-state index < -0.39 is 26.4 Å². The molecule has 2 aromatic rings. The van der Waals surface area contributed by atoms with E-state index in [1.165, 1.54) is 4.90 Å². The van der Waals surface area contributed by atoms with Gasteiger partial charge in [-0.2, -0.15) is 0 Å². The van der Waals surface area contributed by atoms with Crippen LogP contribution in [0.2, 0.25) is 18.1 Å². The Morgan fingerprint density at radius 3 is 2.27 bits per heavy atom. The average Bonchev–Trinajstić information content (AvgIpc) is 3.37. The smallest absolute Gasteiger partial charge is 0.416 e. The second kappa shape index (κ2) is 15.9. The Morgan fingerprint density at radius 2 is 1.69 bits per heavy atom. The van der Waals surface area contributed by atoms with Crippen molar-refractivity contribution in [1.29, 1.82) is 0 Å². The summed E-state index contributed by atoms with van der Waals surface area (Å²) in [5.74, 6) is -0.330. The van der Waals surface area contributed by atoms with Crippen molar-refractivity contribution in [2.45, 2.75) is 91.0 Å². The molecule has 0 spiro atoms. The third-order valence-corrected chi connectivity index (χ3v) is 13.8. The van der Waals surface area contributed by atoms with Gasteiger partial charge in [-0.3, -0.25) is 4.79 Å². The van der Waals surface area contributed by atoms with Crippen LogP contribution in [0.1, 0.15) is 52.7 Å². The van der Waals surface area contributed by atoms with E-state index in [1.54, 1.807) is 13.2 Å². The normalized spacial score (nSPS) is 19.1. The van der Waals surface area contributed by atoms with E-state index in [1.807, 2.05) is 67.6 Å². The third-order valence-electron chi connectivity index (χ3n) is 9.34. The van der Waals surface area contributed by atoms with Gasteiger partial charge in [0.25, 0.3) is 0 Å². The van der Waals surface area contributed by atoms with Gasteiger partial charge in [0.05, 0.1) is 37.9 Å². The summed E-state index contributed by atoms with van der Waals surface area (Å²) in [7, 11) is -0.722. The summed E-state index contributed by atoms with van der Waals surface area (Å²) in [6, 6.07) is 17.3. The van der Waals surface area contributed by atoms with Crippen molar-refractivity contribution < 1.29 is 28.2 Å². The SMILES string of the molecule is C=CC=C[C@H](C)[C@H](OCc1ccc(OC)cc1)[C@@H](C)[C@H](O[Si](C)(C)C(C)(C)C)[C@@H](C)C(=O)N1C(=O)OC[C@H]1Cc1ccccc1. The van der Waals surface area contributed by atoms with E-state index in [9.17, 15) is 9.59 Å². The Hall–Kier alpha value is -3.20. The summed E-state index contributed by atoms with van der Waals surface area (Å²) in [6.45, 7) is 21.5. The number of allylic oxidation sites excluding steroid dienone is 2. The molecule has 2 amide bonds. The van der Waals surface area contributed by atoms with Gasteiger partial charge in [-0.15, -0.1) is 0 Å². The molecule has 0 radical (unpaired) electrons. The zero-order chi connectivity index (χ0) is 33.4. The summed E-state index contributed by atoms with van der Waals surface area (Å²) in [5.41, 5.74) is 2.06. The first kappa shape index (κ1) is 36.3. The second-order valence-corrected chi connectivity index (χ2v) is 18.5. The first-order valence-corrected chi connectivity index (χ1v) is 18.9. The first-order chi connectivity index (χ1) is 21.2. The minimum absolute atomic E-state index is 0.00773. The van der Waals surface area contributed by atoms with Gasteiger partial charge in [0.2, 0.25) is 5.91 Å². The second-order valence-electron chi connectivity index (χ2n) is 13.7. The molecular formula is C37H53NO6Si. The third kappa shape index (κ3) is 9.41. The number of benzene rings is 2. The van der Waals surface area contributed by atoms with Crippen LogP contribution in [0.5, 0.6) is 5.75 Å². The van der Waals surface area contributed by atoms with Crippen molar-refractivity contribution in [3.05, 3.63) is 90.5 Å². The molecule has 6 atom stereocenters. The number of methoxy groups -OCH3 is 1. The Labute approximate surface area is 271 Å². The minimum atomic E-state index is -2.37. The number of rotatable bonds is 15. The predicted octanol–water partition coefficient (Wildman–Crippen LogP) is 8.21. The predicted molar refractivity (Wildman–Crippen MR) is 183 cm³/mol. The lowest BCUT2D eigenvalue weighted by Gasteiger charge is -2.45. The number of carbonyl (C=O) groups is 2.